The molecule has 1 aromatic carbocycles. The minimum atomic E-state index is -0.698. The van der Waals surface area contributed by atoms with Crippen molar-refractivity contribution in [1.82, 2.24) is 9.80 Å². The summed E-state index contributed by atoms with van der Waals surface area (Å²) in [6, 6.07) is 7.58. The lowest BCUT2D eigenvalue weighted by molar-refractivity contribution is -0.140. The van der Waals surface area contributed by atoms with Crippen LogP contribution in [-0.2, 0) is 14.3 Å². The van der Waals surface area contributed by atoms with Crippen molar-refractivity contribution in [2.75, 3.05) is 52.6 Å². The van der Waals surface area contributed by atoms with Crippen LogP contribution in [0.1, 0.15) is 0 Å². The van der Waals surface area contributed by atoms with Crippen LogP contribution in [0, 0.1) is 0 Å². The van der Waals surface area contributed by atoms with Gasteiger partial charge in [0.15, 0.2) is 5.84 Å². The highest BCUT2D eigenvalue weighted by atomic mass is 16.5. The quantitative estimate of drug-likeness (QED) is 0.757. The number of nitrogens with zero attached hydrogens (tertiary/aromatic N) is 3. The average Bonchev–Trinajstić information content (AvgIpc) is 2.68. The summed E-state index contributed by atoms with van der Waals surface area (Å²) in [6.45, 7) is 5.04. The molecule has 0 aliphatic carbocycles. The van der Waals surface area contributed by atoms with Crippen molar-refractivity contribution >= 4 is 17.4 Å². The minimum absolute atomic E-state index is 0.0435. The maximum atomic E-state index is 13.0. The lowest BCUT2D eigenvalue weighted by Crippen LogP contribution is -2.56. The van der Waals surface area contributed by atoms with Gasteiger partial charge in [-0.25, -0.2) is 4.99 Å². The van der Waals surface area contributed by atoms with E-state index in [1.54, 1.807) is 4.90 Å². The van der Waals surface area contributed by atoms with Crippen molar-refractivity contribution < 1.29 is 19.0 Å². The largest absolute Gasteiger partial charge is 0.470 e. The molecule has 2 fully saturated rings. The Morgan fingerprint density at radius 3 is 2.42 bits per heavy atom. The molecule has 4 rings (SSSR count). The van der Waals surface area contributed by atoms with E-state index in [0.29, 0.717) is 51.1 Å². The van der Waals surface area contributed by atoms with Crippen molar-refractivity contribution in [2.24, 2.45) is 4.99 Å². The fourth-order valence-electron chi connectivity index (χ4n) is 3.15. The Hall–Kier alpha value is -2.12. The number of carbonyl (C=O) groups excluding carboxylic acids is 1. The Kier molecular flexibility index (Phi) is 4.36. The van der Waals surface area contributed by atoms with Gasteiger partial charge in [-0.2, -0.15) is 0 Å². The highest BCUT2D eigenvalue weighted by molar-refractivity contribution is 6.08. The first-order valence-electron chi connectivity index (χ1n) is 8.36. The molecule has 1 unspecified atom stereocenters. The topological polar surface area (TPSA) is 63.6 Å². The van der Waals surface area contributed by atoms with Crippen LogP contribution >= 0.6 is 0 Å². The van der Waals surface area contributed by atoms with Crippen LogP contribution in [0.5, 0.6) is 5.75 Å². The molecule has 7 nitrogen and oxygen atoms in total. The van der Waals surface area contributed by atoms with Crippen molar-refractivity contribution in [3.05, 3.63) is 24.3 Å². The van der Waals surface area contributed by atoms with Crippen molar-refractivity contribution in [2.45, 2.75) is 6.10 Å². The maximum Gasteiger partial charge on any atom is 0.271 e. The molecule has 3 aliphatic heterocycles. The third-order valence-electron chi connectivity index (χ3n) is 4.46. The fraction of sp³-hybridized carbons (Fsp3) is 0.529. The summed E-state index contributed by atoms with van der Waals surface area (Å²) in [4.78, 5) is 21.7. The molecular weight excluding hydrogens is 310 g/mol. The second-order valence-corrected chi connectivity index (χ2v) is 5.97. The molecule has 7 heteroatoms. The number of fused-ring (bicyclic) bond motifs is 1. The van der Waals surface area contributed by atoms with Gasteiger partial charge < -0.3 is 24.0 Å². The van der Waals surface area contributed by atoms with Gasteiger partial charge in [0, 0.05) is 26.2 Å². The molecule has 3 aliphatic rings. The first-order chi connectivity index (χ1) is 11.8. The molecule has 0 bridgehead atoms. The van der Waals surface area contributed by atoms with Crippen molar-refractivity contribution in [3.63, 3.8) is 0 Å². The van der Waals surface area contributed by atoms with E-state index in [2.05, 4.69) is 4.90 Å². The minimum Gasteiger partial charge on any atom is -0.470 e. The lowest BCUT2D eigenvalue weighted by Gasteiger charge is -2.37. The third-order valence-corrected chi connectivity index (χ3v) is 4.46. The number of hydrogen-bond acceptors (Lipinski definition) is 6. The van der Waals surface area contributed by atoms with E-state index >= 15 is 0 Å². The van der Waals surface area contributed by atoms with Gasteiger partial charge in [0.1, 0.15) is 11.4 Å². The number of hydrogen-bond donors (Lipinski definition) is 0. The number of morpholine rings is 2. The van der Waals surface area contributed by atoms with E-state index in [-0.39, 0.29) is 5.91 Å². The number of amides is 1. The Bertz CT molecular complexity index is 636. The van der Waals surface area contributed by atoms with Gasteiger partial charge in [-0.3, -0.25) is 4.79 Å². The number of ether oxygens (including phenoxy) is 3. The summed E-state index contributed by atoms with van der Waals surface area (Å²) < 4.78 is 16.8. The number of rotatable bonds is 1. The van der Waals surface area contributed by atoms with Crippen LogP contribution in [-0.4, -0.2) is 80.3 Å². The summed E-state index contributed by atoms with van der Waals surface area (Å²) in [5.74, 6) is 1.30. The van der Waals surface area contributed by atoms with Gasteiger partial charge in [-0.05, 0) is 12.1 Å². The number of amidine groups is 1. The number of para-hydroxylation sites is 2. The summed E-state index contributed by atoms with van der Waals surface area (Å²) in [6.07, 6.45) is -0.698. The molecule has 0 radical (unpaired) electrons. The second kappa shape index (κ2) is 6.78. The predicted molar refractivity (Wildman–Crippen MR) is 87.7 cm³/mol. The van der Waals surface area contributed by atoms with Gasteiger partial charge in [-0.15, -0.1) is 0 Å². The van der Waals surface area contributed by atoms with Gasteiger partial charge in [0.2, 0.25) is 6.10 Å². The van der Waals surface area contributed by atoms with Gasteiger partial charge in [0.25, 0.3) is 5.91 Å². The molecule has 0 aromatic heterocycles. The van der Waals surface area contributed by atoms with E-state index in [0.717, 1.165) is 18.8 Å². The van der Waals surface area contributed by atoms with E-state index in [1.165, 1.54) is 0 Å². The van der Waals surface area contributed by atoms with E-state index in [1.807, 2.05) is 24.3 Å². The SMILES string of the molecule is O=C(C1Oc2ccccc2N=C1N1CCOCC1)N1CCOCC1. The van der Waals surface area contributed by atoms with Crippen LogP contribution in [0.25, 0.3) is 0 Å². The Morgan fingerprint density at radius 1 is 1.00 bits per heavy atom. The average molecular weight is 331 g/mol. The smallest absolute Gasteiger partial charge is 0.271 e. The number of benzene rings is 1. The molecule has 0 saturated carbocycles. The van der Waals surface area contributed by atoms with E-state index in [4.69, 9.17) is 19.2 Å². The van der Waals surface area contributed by atoms with Crippen LogP contribution in [0.2, 0.25) is 0 Å². The molecule has 24 heavy (non-hydrogen) atoms. The fourth-order valence-corrected chi connectivity index (χ4v) is 3.15. The van der Waals surface area contributed by atoms with Gasteiger partial charge in [0.05, 0.1) is 26.4 Å². The summed E-state index contributed by atoms with van der Waals surface area (Å²) in [5.41, 5.74) is 0.769. The zero-order valence-corrected chi connectivity index (χ0v) is 13.5. The molecular formula is C17H21N3O4. The number of aliphatic imine (C=N–C) groups is 1. The van der Waals surface area contributed by atoms with Crippen molar-refractivity contribution in [3.8, 4) is 5.75 Å². The molecule has 0 N–H and O–H groups in total. The second-order valence-electron chi connectivity index (χ2n) is 5.97. The van der Waals surface area contributed by atoms with E-state index < -0.39 is 6.10 Å². The first kappa shape index (κ1) is 15.4. The summed E-state index contributed by atoms with van der Waals surface area (Å²) >= 11 is 0. The normalized spacial score (nSPS) is 24.0. The molecule has 0 spiro atoms. The molecule has 1 aromatic rings. The monoisotopic (exact) mass is 331 g/mol. The van der Waals surface area contributed by atoms with Crippen LogP contribution in [0.4, 0.5) is 5.69 Å². The number of carbonyl (C=O) groups is 1. The van der Waals surface area contributed by atoms with Gasteiger partial charge in [-0.1, -0.05) is 12.1 Å². The standard InChI is InChI=1S/C17H21N3O4/c21-17(20-7-11-23-12-8-20)15-16(19-5-9-22-10-6-19)18-13-3-1-2-4-14(13)24-15/h1-4,15H,5-12H2. The maximum absolute atomic E-state index is 13.0. The Balaban J connectivity index is 1.64. The molecule has 3 heterocycles. The molecule has 128 valence electrons. The van der Waals surface area contributed by atoms with Crippen LogP contribution in [0.3, 0.4) is 0 Å². The molecule has 2 saturated heterocycles. The summed E-state index contributed by atoms with van der Waals surface area (Å²) in [5, 5.41) is 0. The highest BCUT2D eigenvalue weighted by Crippen LogP contribution is 2.33. The van der Waals surface area contributed by atoms with Crippen LogP contribution < -0.4 is 4.74 Å². The molecule has 1 atom stereocenters. The zero-order valence-electron chi connectivity index (χ0n) is 13.5. The molecule has 1 amide bonds. The van der Waals surface area contributed by atoms with Crippen LogP contribution in [0.15, 0.2) is 29.3 Å². The lowest BCUT2D eigenvalue weighted by atomic mass is 10.1. The Morgan fingerprint density at radius 2 is 1.67 bits per heavy atom. The van der Waals surface area contributed by atoms with Gasteiger partial charge >= 0.3 is 0 Å². The highest BCUT2D eigenvalue weighted by Gasteiger charge is 2.38. The predicted octanol–water partition coefficient (Wildman–Crippen LogP) is 0.669. The first-order valence-corrected chi connectivity index (χ1v) is 8.36. The summed E-state index contributed by atoms with van der Waals surface area (Å²) in [7, 11) is 0. The zero-order chi connectivity index (χ0) is 16.4. The Labute approximate surface area is 140 Å². The van der Waals surface area contributed by atoms with Crippen molar-refractivity contribution in [1.29, 1.82) is 0 Å². The van der Waals surface area contributed by atoms with E-state index in [9.17, 15) is 4.79 Å². The third kappa shape index (κ3) is 2.97.